The van der Waals surface area contributed by atoms with Gasteiger partial charge in [0.25, 0.3) is 0 Å². The lowest BCUT2D eigenvalue weighted by atomic mass is 10.5. The van der Waals surface area contributed by atoms with Crippen molar-refractivity contribution in [3.8, 4) is 0 Å². The number of anilines is 2. The summed E-state index contributed by atoms with van der Waals surface area (Å²) in [5.74, 6) is 0.982. The molecule has 0 aliphatic carbocycles. The summed E-state index contributed by atoms with van der Waals surface area (Å²) < 4.78 is 1.88. The molecule has 0 bridgehead atoms. The Balaban J connectivity index is 2.10. The average molecular weight is 176 g/mol. The van der Waals surface area contributed by atoms with E-state index in [1.54, 1.807) is 0 Å². The van der Waals surface area contributed by atoms with Crippen LogP contribution in [0.15, 0.2) is 30.7 Å². The number of aryl methyl sites for hydroxylation is 1. The summed E-state index contributed by atoms with van der Waals surface area (Å²) >= 11 is 0. The minimum Gasteiger partial charge on any atom is -0.348 e. The van der Waals surface area contributed by atoms with Gasteiger partial charge in [0.2, 0.25) is 0 Å². The molecule has 2 aromatic rings. The molecule has 0 aliphatic rings. The summed E-state index contributed by atoms with van der Waals surface area (Å²) in [6.45, 7) is 2.96. The van der Waals surface area contributed by atoms with Gasteiger partial charge in [-0.25, -0.2) is 0 Å². The van der Waals surface area contributed by atoms with E-state index in [1.165, 1.54) is 0 Å². The van der Waals surface area contributed by atoms with Crippen LogP contribution >= 0.6 is 0 Å². The van der Waals surface area contributed by atoms with Crippen LogP contribution in [0.1, 0.15) is 6.92 Å². The molecule has 0 spiro atoms. The highest BCUT2D eigenvalue weighted by Crippen LogP contribution is 2.12. The zero-order valence-corrected chi connectivity index (χ0v) is 7.49. The molecule has 68 valence electrons. The predicted molar refractivity (Wildman–Crippen MR) is 52.0 cm³/mol. The van der Waals surface area contributed by atoms with E-state index in [2.05, 4.69) is 22.3 Å². The zero-order valence-electron chi connectivity index (χ0n) is 7.49. The van der Waals surface area contributed by atoms with Gasteiger partial charge in [-0.15, -0.1) is 0 Å². The number of nitrogens with zero attached hydrogens (tertiary/aromatic N) is 2. The molecule has 0 atom stereocenters. The van der Waals surface area contributed by atoms with Crippen molar-refractivity contribution in [2.24, 2.45) is 0 Å². The smallest absolute Gasteiger partial charge is 0.107 e. The molecular formula is C9H12N4. The summed E-state index contributed by atoms with van der Waals surface area (Å²) in [7, 11) is 0. The second kappa shape index (κ2) is 3.35. The van der Waals surface area contributed by atoms with Crippen LogP contribution in [0.3, 0.4) is 0 Å². The van der Waals surface area contributed by atoms with E-state index in [4.69, 9.17) is 0 Å². The second-order valence-electron chi connectivity index (χ2n) is 2.79. The second-order valence-corrected chi connectivity index (χ2v) is 2.79. The maximum absolute atomic E-state index is 4.16. The van der Waals surface area contributed by atoms with Crippen LogP contribution in [0.25, 0.3) is 0 Å². The summed E-state index contributed by atoms with van der Waals surface area (Å²) in [5.41, 5.74) is 1.00. The number of rotatable bonds is 3. The fourth-order valence-corrected chi connectivity index (χ4v) is 1.16. The first-order chi connectivity index (χ1) is 6.38. The molecule has 2 heterocycles. The Bertz CT molecular complexity index is 361. The van der Waals surface area contributed by atoms with E-state index in [1.807, 2.05) is 35.4 Å². The van der Waals surface area contributed by atoms with Crippen LogP contribution in [-0.4, -0.2) is 14.8 Å². The van der Waals surface area contributed by atoms with Gasteiger partial charge in [0.05, 0.1) is 11.9 Å². The summed E-state index contributed by atoms with van der Waals surface area (Å²) in [4.78, 5) is 3.06. The third-order valence-electron chi connectivity index (χ3n) is 1.83. The Morgan fingerprint density at radius 1 is 1.62 bits per heavy atom. The Hall–Kier alpha value is -1.71. The van der Waals surface area contributed by atoms with Crippen LogP contribution in [0, 0.1) is 0 Å². The molecule has 0 radical (unpaired) electrons. The molecule has 2 N–H and O–H groups in total. The van der Waals surface area contributed by atoms with Gasteiger partial charge in [0.1, 0.15) is 5.82 Å². The van der Waals surface area contributed by atoms with Gasteiger partial charge in [0.15, 0.2) is 0 Å². The summed E-state index contributed by atoms with van der Waals surface area (Å²) in [6, 6.07) is 3.93. The van der Waals surface area contributed by atoms with Crippen LogP contribution in [0.2, 0.25) is 0 Å². The lowest BCUT2D eigenvalue weighted by molar-refractivity contribution is 0.660. The number of aromatic amines is 1. The van der Waals surface area contributed by atoms with Gasteiger partial charge < -0.3 is 10.3 Å². The van der Waals surface area contributed by atoms with Crippen molar-refractivity contribution in [2.75, 3.05) is 5.32 Å². The van der Waals surface area contributed by atoms with Crippen molar-refractivity contribution in [1.82, 2.24) is 14.8 Å². The molecule has 2 aromatic heterocycles. The highest BCUT2D eigenvalue weighted by atomic mass is 15.3. The molecule has 4 heteroatoms. The number of H-pyrrole nitrogens is 1. The normalized spacial score (nSPS) is 10.2. The molecule has 0 unspecified atom stereocenters. The molecule has 13 heavy (non-hydrogen) atoms. The Labute approximate surface area is 76.6 Å². The molecule has 0 aromatic carbocycles. The van der Waals surface area contributed by atoms with Crippen molar-refractivity contribution < 1.29 is 0 Å². The van der Waals surface area contributed by atoms with Gasteiger partial charge in [0, 0.05) is 18.9 Å². The van der Waals surface area contributed by atoms with Crippen LogP contribution in [-0.2, 0) is 6.54 Å². The van der Waals surface area contributed by atoms with E-state index in [-0.39, 0.29) is 0 Å². The van der Waals surface area contributed by atoms with Crippen LogP contribution in [0.4, 0.5) is 11.5 Å². The van der Waals surface area contributed by atoms with Gasteiger partial charge in [-0.2, -0.15) is 5.10 Å². The maximum atomic E-state index is 4.16. The third kappa shape index (κ3) is 1.72. The van der Waals surface area contributed by atoms with Crippen LogP contribution < -0.4 is 5.32 Å². The lowest BCUT2D eigenvalue weighted by Gasteiger charge is -1.97. The SMILES string of the molecule is CCn1cc(Nc2ccc[nH]2)cn1. The minimum atomic E-state index is 0.895. The average Bonchev–Trinajstić information content (AvgIpc) is 2.76. The van der Waals surface area contributed by atoms with Gasteiger partial charge >= 0.3 is 0 Å². The predicted octanol–water partition coefficient (Wildman–Crippen LogP) is 1.97. The van der Waals surface area contributed by atoms with E-state index >= 15 is 0 Å². The topological polar surface area (TPSA) is 45.6 Å². The van der Waals surface area contributed by atoms with Crippen molar-refractivity contribution >= 4 is 11.5 Å². The van der Waals surface area contributed by atoms with E-state index in [9.17, 15) is 0 Å². The molecule has 0 amide bonds. The standard InChI is InChI=1S/C9H12N4/c1-2-13-7-8(6-11-13)12-9-4-3-5-10-9/h3-7,10,12H,2H2,1H3. The highest BCUT2D eigenvalue weighted by molar-refractivity contribution is 5.53. The van der Waals surface area contributed by atoms with Crippen molar-refractivity contribution in [3.05, 3.63) is 30.7 Å². The molecule has 0 aliphatic heterocycles. The fourth-order valence-electron chi connectivity index (χ4n) is 1.16. The summed E-state index contributed by atoms with van der Waals surface area (Å²) in [6.07, 6.45) is 5.66. The number of aromatic nitrogens is 3. The van der Waals surface area contributed by atoms with E-state index in [0.717, 1.165) is 18.1 Å². The lowest BCUT2D eigenvalue weighted by Crippen LogP contribution is -1.92. The number of hydrogen-bond donors (Lipinski definition) is 2. The Morgan fingerprint density at radius 2 is 2.54 bits per heavy atom. The van der Waals surface area contributed by atoms with E-state index < -0.39 is 0 Å². The first-order valence-electron chi connectivity index (χ1n) is 4.31. The van der Waals surface area contributed by atoms with Crippen molar-refractivity contribution in [2.45, 2.75) is 13.5 Å². The Kier molecular flexibility index (Phi) is 2.04. The van der Waals surface area contributed by atoms with Gasteiger partial charge in [-0.3, -0.25) is 4.68 Å². The molecular weight excluding hydrogens is 164 g/mol. The fraction of sp³-hybridized carbons (Fsp3) is 0.222. The third-order valence-corrected chi connectivity index (χ3v) is 1.83. The van der Waals surface area contributed by atoms with Gasteiger partial charge in [-0.05, 0) is 19.1 Å². The van der Waals surface area contributed by atoms with Gasteiger partial charge in [-0.1, -0.05) is 0 Å². The highest BCUT2D eigenvalue weighted by Gasteiger charge is 1.96. The van der Waals surface area contributed by atoms with Crippen molar-refractivity contribution in [1.29, 1.82) is 0 Å². The maximum Gasteiger partial charge on any atom is 0.107 e. The molecule has 0 saturated carbocycles. The van der Waals surface area contributed by atoms with E-state index in [0.29, 0.717) is 0 Å². The molecule has 4 nitrogen and oxygen atoms in total. The molecule has 0 fully saturated rings. The Morgan fingerprint density at radius 3 is 3.15 bits per heavy atom. The number of nitrogens with one attached hydrogen (secondary N) is 2. The number of hydrogen-bond acceptors (Lipinski definition) is 2. The first kappa shape index (κ1) is 7.91. The quantitative estimate of drug-likeness (QED) is 0.751. The molecule has 0 saturated heterocycles. The monoisotopic (exact) mass is 176 g/mol. The summed E-state index contributed by atoms with van der Waals surface area (Å²) in [5, 5.41) is 7.36. The minimum absolute atomic E-state index is 0.895. The zero-order chi connectivity index (χ0) is 9.10. The first-order valence-corrected chi connectivity index (χ1v) is 4.31. The largest absolute Gasteiger partial charge is 0.348 e. The van der Waals surface area contributed by atoms with Crippen molar-refractivity contribution in [3.63, 3.8) is 0 Å². The van der Waals surface area contributed by atoms with Crippen LogP contribution in [0.5, 0.6) is 0 Å². The molecule has 2 rings (SSSR count).